The van der Waals surface area contributed by atoms with Gasteiger partial charge in [-0.3, -0.25) is 0 Å². The Kier molecular flexibility index (Phi) is 4.36. The van der Waals surface area contributed by atoms with Crippen LogP contribution >= 0.6 is 0 Å². The molecule has 0 aliphatic carbocycles. The van der Waals surface area contributed by atoms with Crippen LogP contribution in [-0.4, -0.2) is 9.13 Å². The molecule has 0 atom stereocenters. The monoisotopic (exact) mass is 508 g/mol. The van der Waals surface area contributed by atoms with Gasteiger partial charge in [0, 0.05) is 38.0 Å². The first-order valence-electron chi connectivity index (χ1n) is 13.8. The second kappa shape index (κ2) is 8.08. The summed E-state index contributed by atoms with van der Waals surface area (Å²) in [5.74, 6) is 0. The van der Waals surface area contributed by atoms with Crippen LogP contribution in [0, 0.1) is 0 Å². The van der Waals surface area contributed by atoms with E-state index in [4.69, 9.17) is 0 Å². The Morgan fingerprint density at radius 2 is 0.975 bits per heavy atom. The largest absolute Gasteiger partial charge is 0.309 e. The zero-order chi connectivity index (χ0) is 26.2. The highest BCUT2D eigenvalue weighted by atomic mass is 15.0. The van der Waals surface area contributed by atoms with E-state index in [1.54, 1.807) is 0 Å². The molecule has 0 fully saturated rings. The summed E-state index contributed by atoms with van der Waals surface area (Å²) in [6.45, 7) is 0. The molecule has 0 amide bonds. The predicted octanol–water partition coefficient (Wildman–Crippen LogP) is 10.2. The summed E-state index contributed by atoms with van der Waals surface area (Å²) < 4.78 is 4.91. The molecule has 2 aromatic heterocycles. The Bertz CT molecular complexity index is 2420. The van der Waals surface area contributed by atoms with Gasteiger partial charge in [-0.2, -0.15) is 0 Å². The van der Waals surface area contributed by atoms with Crippen LogP contribution in [0.15, 0.2) is 146 Å². The second-order valence-electron chi connectivity index (χ2n) is 10.6. The highest BCUT2D eigenvalue weighted by Gasteiger charge is 2.21. The van der Waals surface area contributed by atoms with E-state index in [0.717, 1.165) is 0 Å². The fourth-order valence-corrected chi connectivity index (χ4v) is 6.83. The zero-order valence-electron chi connectivity index (χ0n) is 21.8. The highest BCUT2D eigenvalue weighted by Crippen LogP contribution is 2.43. The molecule has 9 rings (SSSR count). The lowest BCUT2D eigenvalue weighted by molar-refractivity contribution is 1.19. The Morgan fingerprint density at radius 1 is 0.325 bits per heavy atom. The van der Waals surface area contributed by atoms with Gasteiger partial charge in [-0.25, -0.2) is 0 Å². The van der Waals surface area contributed by atoms with Crippen molar-refractivity contribution >= 4 is 65.2 Å². The van der Waals surface area contributed by atoms with E-state index in [9.17, 15) is 0 Å². The van der Waals surface area contributed by atoms with Gasteiger partial charge in [0.2, 0.25) is 0 Å². The Balaban J connectivity index is 1.55. The molecule has 0 unspecified atom stereocenters. The lowest BCUT2D eigenvalue weighted by atomic mass is 10.0. The third-order valence-electron chi connectivity index (χ3n) is 8.47. The van der Waals surface area contributed by atoms with Crippen LogP contribution in [-0.2, 0) is 0 Å². The summed E-state index contributed by atoms with van der Waals surface area (Å²) >= 11 is 0. The van der Waals surface area contributed by atoms with Gasteiger partial charge in [0.05, 0.1) is 27.8 Å². The van der Waals surface area contributed by atoms with E-state index in [1.165, 1.54) is 76.5 Å². The Labute approximate surface area is 230 Å². The molecule has 9 aromatic rings. The van der Waals surface area contributed by atoms with E-state index in [-0.39, 0.29) is 0 Å². The summed E-state index contributed by atoms with van der Waals surface area (Å²) in [6, 6.07) is 52.9. The van der Waals surface area contributed by atoms with E-state index in [1.807, 2.05) is 0 Å². The van der Waals surface area contributed by atoms with Crippen molar-refractivity contribution < 1.29 is 0 Å². The number of hydrogen-bond donors (Lipinski definition) is 0. The number of rotatable bonds is 2. The lowest BCUT2D eigenvalue weighted by Gasteiger charge is -2.13. The average Bonchev–Trinajstić information content (AvgIpc) is 3.54. The molecule has 0 radical (unpaired) electrons. The summed E-state index contributed by atoms with van der Waals surface area (Å²) in [5, 5.41) is 10.2. The SMILES string of the molecule is c1ccc(-n2c3ccccc3c3ccc4ccc5c(c6ccccc6n5-c5cccc6ccccc56)c4c32)cc1. The smallest absolute Gasteiger partial charge is 0.0626 e. The molecule has 0 N–H and O–H groups in total. The van der Waals surface area contributed by atoms with Crippen molar-refractivity contribution in [1.82, 2.24) is 9.13 Å². The molecule has 0 saturated carbocycles. The molecule has 2 nitrogen and oxygen atoms in total. The number of aromatic nitrogens is 2. The third-order valence-corrected chi connectivity index (χ3v) is 8.47. The maximum Gasteiger partial charge on any atom is 0.0626 e. The number of para-hydroxylation sites is 3. The zero-order valence-corrected chi connectivity index (χ0v) is 21.8. The predicted molar refractivity (Wildman–Crippen MR) is 170 cm³/mol. The summed E-state index contributed by atoms with van der Waals surface area (Å²) in [6.07, 6.45) is 0. The first-order chi connectivity index (χ1) is 19.9. The second-order valence-corrected chi connectivity index (χ2v) is 10.6. The number of fused-ring (bicyclic) bond motifs is 10. The molecule has 0 aliphatic heterocycles. The molecule has 0 bridgehead atoms. The fourth-order valence-electron chi connectivity index (χ4n) is 6.83. The van der Waals surface area contributed by atoms with Crippen molar-refractivity contribution in [1.29, 1.82) is 0 Å². The highest BCUT2D eigenvalue weighted by molar-refractivity contribution is 6.31. The maximum absolute atomic E-state index is 2.46. The Morgan fingerprint density at radius 3 is 1.82 bits per heavy atom. The number of hydrogen-bond acceptors (Lipinski definition) is 0. The quantitative estimate of drug-likeness (QED) is 0.220. The molecular weight excluding hydrogens is 484 g/mol. The van der Waals surface area contributed by atoms with Crippen molar-refractivity contribution in [2.24, 2.45) is 0 Å². The van der Waals surface area contributed by atoms with E-state index in [0.29, 0.717) is 0 Å². The third kappa shape index (κ3) is 2.82. The molecule has 0 spiro atoms. The molecule has 7 aromatic carbocycles. The van der Waals surface area contributed by atoms with Crippen LogP contribution in [0.25, 0.3) is 76.5 Å². The van der Waals surface area contributed by atoms with Gasteiger partial charge >= 0.3 is 0 Å². The van der Waals surface area contributed by atoms with Crippen LogP contribution in [0.5, 0.6) is 0 Å². The van der Waals surface area contributed by atoms with Gasteiger partial charge < -0.3 is 9.13 Å². The molecule has 0 saturated heterocycles. The van der Waals surface area contributed by atoms with Gasteiger partial charge in [-0.15, -0.1) is 0 Å². The maximum atomic E-state index is 2.46. The molecule has 0 aliphatic rings. The molecule has 2 heteroatoms. The van der Waals surface area contributed by atoms with Gasteiger partial charge in [0.1, 0.15) is 0 Å². The van der Waals surface area contributed by atoms with E-state index >= 15 is 0 Å². The fraction of sp³-hybridized carbons (Fsp3) is 0. The number of nitrogens with zero attached hydrogens (tertiary/aromatic N) is 2. The topological polar surface area (TPSA) is 9.86 Å². The molecular formula is C38H24N2. The molecule has 186 valence electrons. The minimum atomic E-state index is 1.18. The van der Waals surface area contributed by atoms with Crippen LogP contribution < -0.4 is 0 Å². The van der Waals surface area contributed by atoms with E-state index < -0.39 is 0 Å². The van der Waals surface area contributed by atoms with Crippen molar-refractivity contribution in [2.75, 3.05) is 0 Å². The van der Waals surface area contributed by atoms with Gasteiger partial charge in [0.25, 0.3) is 0 Å². The first kappa shape index (κ1) is 21.6. The Hall–Kier alpha value is -5.34. The van der Waals surface area contributed by atoms with Crippen molar-refractivity contribution in [2.45, 2.75) is 0 Å². The lowest BCUT2D eigenvalue weighted by Crippen LogP contribution is -1.96. The minimum absolute atomic E-state index is 1.18. The van der Waals surface area contributed by atoms with Gasteiger partial charge in [-0.05, 0) is 47.2 Å². The van der Waals surface area contributed by atoms with Crippen LogP contribution in [0.4, 0.5) is 0 Å². The first-order valence-corrected chi connectivity index (χ1v) is 13.8. The van der Waals surface area contributed by atoms with Crippen molar-refractivity contribution in [3.05, 3.63) is 146 Å². The minimum Gasteiger partial charge on any atom is -0.309 e. The standard InChI is InChI=1S/C38H24N2/c1-2-13-27(14-3-1)39-33-18-8-6-16-29(33)30-23-21-26-22-24-35-37(36(26)38(30)39)31-17-7-9-19-34(31)40(35)32-20-10-12-25-11-4-5-15-28(25)32/h1-24H. The van der Waals surface area contributed by atoms with Crippen molar-refractivity contribution in [3.8, 4) is 11.4 Å². The van der Waals surface area contributed by atoms with Gasteiger partial charge in [0.15, 0.2) is 0 Å². The van der Waals surface area contributed by atoms with E-state index in [2.05, 4.69) is 155 Å². The summed E-state index contributed by atoms with van der Waals surface area (Å²) in [7, 11) is 0. The van der Waals surface area contributed by atoms with Gasteiger partial charge in [-0.1, -0.05) is 109 Å². The van der Waals surface area contributed by atoms with Crippen LogP contribution in [0.2, 0.25) is 0 Å². The van der Waals surface area contributed by atoms with Crippen molar-refractivity contribution in [3.63, 3.8) is 0 Å². The molecule has 40 heavy (non-hydrogen) atoms. The number of benzene rings is 7. The van der Waals surface area contributed by atoms with Crippen LogP contribution in [0.3, 0.4) is 0 Å². The summed E-state index contributed by atoms with van der Waals surface area (Å²) in [5.41, 5.74) is 7.32. The summed E-state index contributed by atoms with van der Waals surface area (Å²) in [4.78, 5) is 0. The normalized spacial score (nSPS) is 12.0. The molecule has 2 heterocycles. The van der Waals surface area contributed by atoms with Crippen LogP contribution in [0.1, 0.15) is 0 Å². The average molecular weight is 509 g/mol.